The Morgan fingerprint density at radius 2 is 1.75 bits per heavy atom. The molecular formula is C17H18N2O. The predicted octanol–water partition coefficient (Wildman–Crippen LogP) is 4.20. The van der Waals surface area contributed by atoms with Gasteiger partial charge in [-0.25, -0.2) is 4.98 Å². The molecule has 3 nitrogen and oxygen atoms in total. The van der Waals surface area contributed by atoms with Gasteiger partial charge in [-0.05, 0) is 38.1 Å². The standard InChI is InChI=1S/C17H18N2O/c1-3-19-16-12-8-7-11-15(16)18-17(19)13(2)20-14-9-5-4-6-10-14/h4-13H,3H2,1-2H3/t13-/m0/s1. The van der Waals surface area contributed by atoms with Crippen LogP contribution in [0.4, 0.5) is 0 Å². The molecule has 3 heteroatoms. The van der Waals surface area contributed by atoms with Crippen molar-refractivity contribution in [3.63, 3.8) is 0 Å². The Morgan fingerprint density at radius 3 is 2.50 bits per heavy atom. The third kappa shape index (κ3) is 2.27. The minimum absolute atomic E-state index is 0.0789. The zero-order valence-electron chi connectivity index (χ0n) is 11.8. The lowest BCUT2D eigenvalue weighted by atomic mass is 10.3. The second kappa shape index (κ2) is 5.37. The fraction of sp³-hybridized carbons (Fsp3) is 0.235. The first-order chi connectivity index (χ1) is 9.79. The summed E-state index contributed by atoms with van der Waals surface area (Å²) in [6, 6.07) is 18.1. The fourth-order valence-corrected chi connectivity index (χ4v) is 2.49. The number of imidazole rings is 1. The van der Waals surface area contributed by atoms with Gasteiger partial charge >= 0.3 is 0 Å². The van der Waals surface area contributed by atoms with Gasteiger partial charge in [0.2, 0.25) is 0 Å². The topological polar surface area (TPSA) is 27.1 Å². The van der Waals surface area contributed by atoms with E-state index in [1.165, 1.54) is 0 Å². The number of aryl methyl sites for hydroxylation is 1. The summed E-state index contributed by atoms with van der Waals surface area (Å²) in [5, 5.41) is 0. The number of para-hydroxylation sites is 3. The zero-order chi connectivity index (χ0) is 13.9. The molecule has 0 unspecified atom stereocenters. The van der Waals surface area contributed by atoms with Gasteiger partial charge in [-0.3, -0.25) is 0 Å². The van der Waals surface area contributed by atoms with Gasteiger partial charge in [0.05, 0.1) is 11.0 Å². The molecule has 0 aliphatic heterocycles. The highest BCUT2D eigenvalue weighted by molar-refractivity contribution is 5.76. The number of ether oxygens (including phenoxy) is 1. The van der Waals surface area contributed by atoms with Gasteiger partial charge in [0.15, 0.2) is 11.9 Å². The van der Waals surface area contributed by atoms with Crippen molar-refractivity contribution in [2.45, 2.75) is 26.5 Å². The maximum absolute atomic E-state index is 5.99. The average Bonchev–Trinajstić information content (AvgIpc) is 2.87. The van der Waals surface area contributed by atoms with Crippen LogP contribution in [0.1, 0.15) is 25.8 Å². The molecule has 1 atom stereocenters. The first-order valence-corrected chi connectivity index (χ1v) is 6.96. The molecule has 20 heavy (non-hydrogen) atoms. The summed E-state index contributed by atoms with van der Waals surface area (Å²) in [5.41, 5.74) is 2.18. The quantitative estimate of drug-likeness (QED) is 0.707. The highest BCUT2D eigenvalue weighted by Crippen LogP contribution is 2.24. The third-order valence-corrected chi connectivity index (χ3v) is 3.42. The van der Waals surface area contributed by atoms with Crippen LogP contribution < -0.4 is 4.74 Å². The van der Waals surface area contributed by atoms with Gasteiger partial charge in [-0.2, -0.15) is 0 Å². The summed E-state index contributed by atoms with van der Waals surface area (Å²) in [5.74, 6) is 1.84. The fourth-order valence-electron chi connectivity index (χ4n) is 2.49. The molecule has 0 bridgehead atoms. The van der Waals surface area contributed by atoms with E-state index in [1.54, 1.807) is 0 Å². The highest BCUT2D eigenvalue weighted by atomic mass is 16.5. The Morgan fingerprint density at radius 1 is 1.05 bits per heavy atom. The van der Waals surface area contributed by atoms with E-state index in [0.717, 1.165) is 29.2 Å². The maximum atomic E-state index is 5.99. The van der Waals surface area contributed by atoms with Crippen LogP contribution >= 0.6 is 0 Å². The molecular weight excluding hydrogens is 248 g/mol. The molecule has 0 spiro atoms. The summed E-state index contributed by atoms with van der Waals surface area (Å²) >= 11 is 0. The Bertz CT molecular complexity index is 703. The molecule has 102 valence electrons. The number of benzene rings is 2. The van der Waals surface area contributed by atoms with Crippen molar-refractivity contribution < 1.29 is 4.74 Å². The van der Waals surface area contributed by atoms with E-state index in [-0.39, 0.29) is 6.10 Å². The SMILES string of the molecule is CCn1c([C@H](C)Oc2ccccc2)nc2ccccc21. The van der Waals surface area contributed by atoms with E-state index >= 15 is 0 Å². The van der Waals surface area contributed by atoms with E-state index in [2.05, 4.69) is 17.6 Å². The molecule has 1 aromatic heterocycles. The summed E-state index contributed by atoms with van der Waals surface area (Å²) < 4.78 is 8.20. The number of rotatable bonds is 4. The van der Waals surface area contributed by atoms with Crippen molar-refractivity contribution >= 4 is 11.0 Å². The van der Waals surface area contributed by atoms with Crippen LogP contribution in [0, 0.1) is 0 Å². The number of fused-ring (bicyclic) bond motifs is 1. The van der Waals surface area contributed by atoms with E-state index in [9.17, 15) is 0 Å². The lowest BCUT2D eigenvalue weighted by Gasteiger charge is -2.15. The van der Waals surface area contributed by atoms with Crippen LogP contribution in [0.15, 0.2) is 54.6 Å². The molecule has 0 fully saturated rings. The smallest absolute Gasteiger partial charge is 0.153 e. The predicted molar refractivity (Wildman–Crippen MR) is 80.9 cm³/mol. The summed E-state index contributed by atoms with van der Waals surface area (Å²) in [6.07, 6.45) is -0.0789. The lowest BCUT2D eigenvalue weighted by Crippen LogP contribution is -2.11. The molecule has 0 aliphatic carbocycles. The second-order valence-corrected chi connectivity index (χ2v) is 4.78. The molecule has 1 heterocycles. The zero-order valence-corrected chi connectivity index (χ0v) is 11.8. The number of hydrogen-bond acceptors (Lipinski definition) is 2. The molecule has 0 aliphatic rings. The van der Waals surface area contributed by atoms with E-state index < -0.39 is 0 Å². The lowest BCUT2D eigenvalue weighted by molar-refractivity contribution is 0.212. The number of hydrogen-bond donors (Lipinski definition) is 0. The third-order valence-electron chi connectivity index (χ3n) is 3.42. The van der Waals surface area contributed by atoms with Crippen molar-refractivity contribution in [2.24, 2.45) is 0 Å². The largest absolute Gasteiger partial charge is 0.483 e. The molecule has 0 N–H and O–H groups in total. The van der Waals surface area contributed by atoms with Gasteiger partial charge in [0, 0.05) is 6.54 Å². The van der Waals surface area contributed by atoms with Crippen LogP contribution in [0.25, 0.3) is 11.0 Å². The molecule has 0 amide bonds. The van der Waals surface area contributed by atoms with Crippen molar-refractivity contribution in [1.82, 2.24) is 9.55 Å². The van der Waals surface area contributed by atoms with Crippen molar-refractivity contribution in [3.8, 4) is 5.75 Å². The van der Waals surface area contributed by atoms with Crippen LogP contribution in [-0.2, 0) is 6.54 Å². The molecule has 3 aromatic rings. The van der Waals surface area contributed by atoms with Crippen LogP contribution in [0.5, 0.6) is 5.75 Å². The minimum atomic E-state index is -0.0789. The van der Waals surface area contributed by atoms with E-state index in [1.807, 2.05) is 55.5 Å². The molecule has 0 saturated carbocycles. The van der Waals surface area contributed by atoms with Crippen molar-refractivity contribution in [3.05, 3.63) is 60.4 Å². The summed E-state index contributed by atoms with van der Waals surface area (Å²) in [6.45, 7) is 5.06. The van der Waals surface area contributed by atoms with Gasteiger partial charge in [0.25, 0.3) is 0 Å². The highest BCUT2D eigenvalue weighted by Gasteiger charge is 2.16. The van der Waals surface area contributed by atoms with E-state index in [0.29, 0.717) is 0 Å². The molecule has 2 aromatic carbocycles. The number of nitrogens with zero attached hydrogens (tertiary/aromatic N) is 2. The minimum Gasteiger partial charge on any atom is -0.483 e. The first kappa shape index (κ1) is 12.7. The Kier molecular flexibility index (Phi) is 3.42. The van der Waals surface area contributed by atoms with Gasteiger partial charge in [-0.15, -0.1) is 0 Å². The first-order valence-electron chi connectivity index (χ1n) is 6.96. The summed E-state index contributed by atoms with van der Waals surface area (Å²) in [7, 11) is 0. The summed E-state index contributed by atoms with van der Waals surface area (Å²) in [4.78, 5) is 4.72. The molecule has 0 radical (unpaired) electrons. The number of aromatic nitrogens is 2. The normalized spacial score (nSPS) is 12.5. The van der Waals surface area contributed by atoms with Crippen molar-refractivity contribution in [2.75, 3.05) is 0 Å². The van der Waals surface area contributed by atoms with Gasteiger partial charge < -0.3 is 9.30 Å². The van der Waals surface area contributed by atoms with Crippen LogP contribution in [0.3, 0.4) is 0 Å². The van der Waals surface area contributed by atoms with Gasteiger partial charge in [-0.1, -0.05) is 30.3 Å². The Balaban J connectivity index is 1.97. The van der Waals surface area contributed by atoms with Crippen molar-refractivity contribution in [1.29, 1.82) is 0 Å². The van der Waals surface area contributed by atoms with E-state index in [4.69, 9.17) is 9.72 Å². The monoisotopic (exact) mass is 266 g/mol. The van der Waals surface area contributed by atoms with Crippen LogP contribution in [-0.4, -0.2) is 9.55 Å². The second-order valence-electron chi connectivity index (χ2n) is 4.78. The maximum Gasteiger partial charge on any atom is 0.153 e. The molecule has 3 rings (SSSR count). The Labute approximate surface area is 118 Å². The average molecular weight is 266 g/mol. The van der Waals surface area contributed by atoms with Crippen LogP contribution in [0.2, 0.25) is 0 Å². The molecule has 0 saturated heterocycles. The Hall–Kier alpha value is -2.29. The van der Waals surface area contributed by atoms with Gasteiger partial charge in [0.1, 0.15) is 5.75 Å².